The number of nitrogens with one attached hydrogen (secondary N) is 2. The third-order valence-corrected chi connectivity index (χ3v) is 4.00. The molecule has 126 valence electrons. The number of nitrogens with zero attached hydrogens (tertiary/aromatic N) is 1. The molecule has 0 unspecified atom stereocenters. The highest BCUT2D eigenvalue weighted by molar-refractivity contribution is 5.92. The molecule has 0 radical (unpaired) electrons. The average molecular weight is 331 g/mol. The maximum absolute atomic E-state index is 12.5. The number of hydrogen-bond acceptors (Lipinski definition) is 5. The third-order valence-electron chi connectivity index (χ3n) is 4.00. The van der Waals surface area contributed by atoms with Crippen molar-refractivity contribution in [1.29, 1.82) is 0 Å². The Morgan fingerprint density at radius 3 is 2.33 bits per heavy atom. The van der Waals surface area contributed by atoms with E-state index in [0.717, 1.165) is 17.2 Å². The van der Waals surface area contributed by atoms with E-state index in [4.69, 9.17) is 9.47 Å². The highest BCUT2D eigenvalue weighted by Gasteiger charge is 2.24. The van der Waals surface area contributed by atoms with Gasteiger partial charge in [-0.3, -0.25) is 14.6 Å². The fourth-order valence-electron chi connectivity index (χ4n) is 2.81. The van der Waals surface area contributed by atoms with Gasteiger partial charge in [0.25, 0.3) is 11.5 Å². The van der Waals surface area contributed by atoms with Crippen LogP contribution in [0.15, 0.2) is 27.8 Å². The Hall–Kier alpha value is -3.03. The topological polar surface area (TPSA) is 104 Å². The molecule has 0 spiro atoms. The zero-order valence-electron chi connectivity index (χ0n) is 13.3. The first kappa shape index (κ1) is 15.9. The highest BCUT2D eigenvalue weighted by atomic mass is 16.5. The fourth-order valence-corrected chi connectivity index (χ4v) is 2.81. The molecule has 1 aliphatic rings. The van der Waals surface area contributed by atoms with Gasteiger partial charge in [-0.1, -0.05) is 0 Å². The van der Waals surface area contributed by atoms with Crippen molar-refractivity contribution in [3.05, 3.63) is 55.9 Å². The molecule has 0 bridgehead atoms. The van der Waals surface area contributed by atoms with Crippen LogP contribution in [0.1, 0.15) is 21.6 Å². The third kappa shape index (κ3) is 2.90. The summed E-state index contributed by atoms with van der Waals surface area (Å²) in [4.78, 5) is 41.2. The Kier molecular flexibility index (Phi) is 4.11. The van der Waals surface area contributed by atoms with E-state index in [2.05, 4.69) is 4.98 Å². The van der Waals surface area contributed by atoms with Crippen LogP contribution in [0.5, 0.6) is 11.5 Å². The van der Waals surface area contributed by atoms with Gasteiger partial charge in [-0.15, -0.1) is 0 Å². The van der Waals surface area contributed by atoms with E-state index < -0.39 is 17.2 Å². The first-order chi connectivity index (χ1) is 11.5. The molecule has 0 saturated carbocycles. The Balaban J connectivity index is 1.90. The highest BCUT2D eigenvalue weighted by Crippen LogP contribution is 2.33. The monoisotopic (exact) mass is 331 g/mol. The molecule has 2 N–H and O–H groups in total. The van der Waals surface area contributed by atoms with Crippen molar-refractivity contribution in [3.8, 4) is 11.5 Å². The average Bonchev–Trinajstić information content (AvgIpc) is 2.58. The molecule has 2 aromatic rings. The summed E-state index contributed by atoms with van der Waals surface area (Å²) in [6.45, 7) is 0.847. The van der Waals surface area contributed by atoms with E-state index in [1.807, 2.05) is 17.1 Å². The molecule has 0 saturated heterocycles. The molecular weight excluding hydrogens is 314 g/mol. The van der Waals surface area contributed by atoms with Crippen LogP contribution in [0.25, 0.3) is 0 Å². The Labute approximate surface area is 137 Å². The van der Waals surface area contributed by atoms with Crippen molar-refractivity contribution in [1.82, 2.24) is 14.9 Å². The SMILES string of the molecule is COc1cc2c(cc1OC)CN(C(=O)c1cc(=O)[nH]c(=O)[nH]1)CC2. The lowest BCUT2D eigenvalue weighted by Crippen LogP contribution is -2.38. The molecule has 1 amide bonds. The summed E-state index contributed by atoms with van der Waals surface area (Å²) >= 11 is 0. The molecule has 0 aliphatic carbocycles. The number of rotatable bonds is 3. The largest absolute Gasteiger partial charge is 0.493 e. The van der Waals surface area contributed by atoms with E-state index in [-0.39, 0.29) is 5.69 Å². The minimum atomic E-state index is -0.699. The van der Waals surface area contributed by atoms with Gasteiger partial charge in [0.05, 0.1) is 14.2 Å². The molecule has 24 heavy (non-hydrogen) atoms. The molecule has 1 aliphatic heterocycles. The molecule has 8 nitrogen and oxygen atoms in total. The molecule has 0 fully saturated rings. The fraction of sp³-hybridized carbons (Fsp3) is 0.312. The molecule has 3 rings (SSSR count). The van der Waals surface area contributed by atoms with Crippen LogP contribution >= 0.6 is 0 Å². The number of ether oxygens (including phenoxy) is 2. The second kappa shape index (κ2) is 6.23. The zero-order chi connectivity index (χ0) is 17.3. The normalized spacial score (nSPS) is 13.3. The van der Waals surface area contributed by atoms with Gasteiger partial charge in [-0.05, 0) is 29.7 Å². The molecular formula is C16H17N3O5. The van der Waals surface area contributed by atoms with Gasteiger partial charge in [-0.2, -0.15) is 0 Å². The number of benzene rings is 1. The van der Waals surface area contributed by atoms with Gasteiger partial charge in [0.1, 0.15) is 5.69 Å². The minimum absolute atomic E-state index is 0.0207. The van der Waals surface area contributed by atoms with Crippen LogP contribution in [0.3, 0.4) is 0 Å². The number of amides is 1. The van der Waals surface area contributed by atoms with Crippen LogP contribution in [-0.4, -0.2) is 41.5 Å². The van der Waals surface area contributed by atoms with Gasteiger partial charge in [0, 0.05) is 19.2 Å². The predicted molar refractivity (Wildman–Crippen MR) is 85.7 cm³/mol. The van der Waals surface area contributed by atoms with E-state index in [0.29, 0.717) is 31.0 Å². The minimum Gasteiger partial charge on any atom is -0.493 e. The van der Waals surface area contributed by atoms with Crippen LogP contribution in [0.2, 0.25) is 0 Å². The quantitative estimate of drug-likeness (QED) is 0.840. The second-order valence-corrected chi connectivity index (χ2v) is 5.45. The van der Waals surface area contributed by atoms with E-state index in [1.54, 1.807) is 19.1 Å². The molecule has 0 atom stereocenters. The standard InChI is InChI=1S/C16H17N3O5/c1-23-12-5-9-3-4-19(8-10(9)6-13(12)24-2)15(21)11-7-14(20)18-16(22)17-11/h5-7H,3-4,8H2,1-2H3,(H2,17,18,20,22). The summed E-state index contributed by atoms with van der Waals surface area (Å²) in [5, 5.41) is 0. The Bertz CT molecular complexity index is 871. The van der Waals surface area contributed by atoms with Crippen LogP contribution in [-0.2, 0) is 13.0 Å². The number of H-pyrrole nitrogens is 2. The molecule has 1 aromatic heterocycles. The summed E-state index contributed by atoms with van der Waals surface area (Å²) in [6.07, 6.45) is 0.648. The second-order valence-electron chi connectivity index (χ2n) is 5.45. The molecule has 8 heteroatoms. The number of hydrogen-bond donors (Lipinski definition) is 2. The number of carbonyl (C=O) groups excluding carboxylic acids is 1. The van der Waals surface area contributed by atoms with Crippen LogP contribution < -0.4 is 20.7 Å². The zero-order valence-corrected chi connectivity index (χ0v) is 13.3. The van der Waals surface area contributed by atoms with Crippen molar-refractivity contribution >= 4 is 5.91 Å². The summed E-state index contributed by atoms with van der Waals surface area (Å²) in [5.74, 6) is 0.851. The predicted octanol–water partition coefficient (Wildman–Crippen LogP) is 0.279. The smallest absolute Gasteiger partial charge is 0.326 e. The first-order valence-corrected chi connectivity index (χ1v) is 7.38. The van der Waals surface area contributed by atoms with Gasteiger partial charge >= 0.3 is 5.69 Å². The summed E-state index contributed by atoms with van der Waals surface area (Å²) in [5.41, 5.74) is 0.698. The number of carbonyl (C=O) groups is 1. The van der Waals surface area contributed by atoms with E-state index in [9.17, 15) is 14.4 Å². The summed E-state index contributed by atoms with van der Waals surface area (Å²) < 4.78 is 10.6. The van der Waals surface area contributed by atoms with Crippen LogP contribution in [0.4, 0.5) is 0 Å². The summed E-state index contributed by atoms with van der Waals surface area (Å²) in [6, 6.07) is 4.84. The van der Waals surface area contributed by atoms with Crippen LogP contribution in [0, 0.1) is 0 Å². The Morgan fingerprint density at radius 2 is 1.71 bits per heavy atom. The lowest BCUT2D eigenvalue weighted by Gasteiger charge is -2.29. The van der Waals surface area contributed by atoms with E-state index >= 15 is 0 Å². The van der Waals surface area contributed by atoms with Gasteiger partial charge in [-0.25, -0.2) is 4.79 Å². The lowest BCUT2D eigenvalue weighted by molar-refractivity contribution is 0.0727. The maximum atomic E-state index is 12.5. The maximum Gasteiger partial charge on any atom is 0.326 e. The summed E-state index contributed by atoms with van der Waals surface area (Å²) in [7, 11) is 3.13. The first-order valence-electron chi connectivity index (χ1n) is 7.38. The number of fused-ring (bicyclic) bond motifs is 1. The molecule has 2 heterocycles. The Morgan fingerprint density at radius 1 is 1.04 bits per heavy atom. The van der Waals surface area contributed by atoms with Gasteiger partial charge in [0.2, 0.25) is 0 Å². The van der Waals surface area contributed by atoms with Crippen molar-refractivity contribution in [3.63, 3.8) is 0 Å². The number of aromatic amines is 2. The number of aromatic nitrogens is 2. The van der Waals surface area contributed by atoms with Crippen molar-refractivity contribution < 1.29 is 14.3 Å². The number of methoxy groups -OCH3 is 2. The molecule has 1 aromatic carbocycles. The van der Waals surface area contributed by atoms with Gasteiger partial charge in [0.15, 0.2) is 11.5 Å². The van der Waals surface area contributed by atoms with Crippen molar-refractivity contribution in [2.45, 2.75) is 13.0 Å². The van der Waals surface area contributed by atoms with Crippen molar-refractivity contribution in [2.24, 2.45) is 0 Å². The lowest BCUT2D eigenvalue weighted by atomic mass is 9.98. The van der Waals surface area contributed by atoms with Crippen molar-refractivity contribution in [2.75, 3.05) is 20.8 Å². The van der Waals surface area contributed by atoms with Gasteiger partial charge < -0.3 is 19.4 Å². The van der Waals surface area contributed by atoms with E-state index in [1.165, 1.54) is 0 Å².